The van der Waals surface area contributed by atoms with E-state index in [-0.39, 0.29) is 18.5 Å². The van der Waals surface area contributed by atoms with Gasteiger partial charge in [-0.15, -0.1) is 0 Å². The van der Waals surface area contributed by atoms with Crippen molar-refractivity contribution in [2.45, 2.75) is 20.8 Å². The quantitative estimate of drug-likeness (QED) is 0.515. The molecule has 1 amide bonds. The highest BCUT2D eigenvalue weighted by molar-refractivity contribution is 6.08. The molecule has 0 unspecified atom stereocenters. The van der Waals surface area contributed by atoms with E-state index in [0.717, 1.165) is 5.56 Å². The standard InChI is InChI=1S/C23H25NO6/c1-14(2)12-28-19-7-5-16(9-20(19)27-4)6-8-23(26)24-18-11-22-21(29-13-30-22)10-17(18)15(3)25/h5-11,14H,12-13H2,1-4H3,(H,24,26)/b8-6+. The molecule has 0 aliphatic carbocycles. The van der Waals surface area contributed by atoms with Crippen LogP contribution in [-0.4, -0.2) is 32.2 Å². The first kappa shape index (κ1) is 21.2. The Balaban J connectivity index is 1.73. The van der Waals surface area contributed by atoms with Crippen molar-refractivity contribution in [3.05, 3.63) is 47.5 Å². The smallest absolute Gasteiger partial charge is 0.248 e. The summed E-state index contributed by atoms with van der Waals surface area (Å²) in [6.07, 6.45) is 3.04. The number of methoxy groups -OCH3 is 1. The second-order valence-electron chi connectivity index (χ2n) is 7.24. The van der Waals surface area contributed by atoms with Gasteiger partial charge in [-0.2, -0.15) is 0 Å². The first-order chi connectivity index (χ1) is 14.4. The Labute approximate surface area is 175 Å². The lowest BCUT2D eigenvalue weighted by atomic mass is 10.1. The number of fused-ring (bicyclic) bond motifs is 1. The molecule has 30 heavy (non-hydrogen) atoms. The number of carbonyl (C=O) groups is 2. The van der Waals surface area contributed by atoms with E-state index in [9.17, 15) is 9.59 Å². The number of anilines is 1. The zero-order valence-corrected chi connectivity index (χ0v) is 17.5. The number of benzene rings is 2. The van der Waals surface area contributed by atoms with Crippen LogP contribution in [0.1, 0.15) is 36.7 Å². The third-order valence-corrected chi connectivity index (χ3v) is 4.34. The van der Waals surface area contributed by atoms with Crippen LogP contribution in [0.5, 0.6) is 23.0 Å². The van der Waals surface area contributed by atoms with Gasteiger partial charge in [-0.1, -0.05) is 19.9 Å². The maximum atomic E-state index is 12.4. The summed E-state index contributed by atoms with van der Waals surface area (Å²) >= 11 is 0. The van der Waals surface area contributed by atoms with Gasteiger partial charge in [0.25, 0.3) is 0 Å². The van der Waals surface area contributed by atoms with Crippen molar-refractivity contribution in [1.29, 1.82) is 0 Å². The molecule has 1 aliphatic heterocycles. The molecule has 3 rings (SSSR count). The van der Waals surface area contributed by atoms with E-state index in [1.807, 2.05) is 12.1 Å². The van der Waals surface area contributed by atoms with E-state index in [0.29, 0.717) is 46.8 Å². The summed E-state index contributed by atoms with van der Waals surface area (Å²) in [5, 5.41) is 2.73. The van der Waals surface area contributed by atoms with Crippen LogP contribution in [0, 0.1) is 5.92 Å². The summed E-state index contributed by atoms with van der Waals surface area (Å²) in [6.45, 7) is 6.24. The van der Waals surface area contributed by atoms with Crippen LogP contribution in [0.2, 0.25) is 0 Å². The van der Waals surface area contributed by atoms with E-state index in [1.54, 1.807) is 31.4 Å². The molecule has 0 aromatic heterocycles. The third-order valence-electron chi connectivity index (χ3n) is 4.34. The van der Waals surface area contributed by atoms with Crippen LogP contribution in [0.3, 0.4) is 0 Å². The topological polar surface area (TPSA) is 83.1 Å². The summed E-state index contributed by atoms with van der Waals surface area (Å²) in [4.78, 5) is 24.4. The Bertz CT molecular complexity index is 980. The van der Waals surface area contributed by atoms with Crippen LogP contribution in [0.25, 0.3) is 6.08 Å². The Morgan fingerprint density at radius 2 is 1.87 bits per heavy atom. The second-order valence-corrected chi connectivity index (χ2v) is 7.24. The molecule has 2 aromatic carbocycles. The fraction of sp³-hybridized carbons (Fsp3) is 0.304. The average Bonchev–Trinajstić information content (AvgIpc) is 3.17. The second kappa shape index (κ2) is 9.35. The molecule has 7 nitrogen and oxygen atoms in total. The third kappa shape index (κ3) is 5.11. The van der Waals surface area contributed by atoms with Gasteiger partial charge >= 0.3 is 0 Å². The van der Waals surface area contributed by atoms with Crippen molar-refractivity contribution in [2.24, 2.45) is 5.92 Å². The normalized spacial score (nSPS) is 12.3. The Morgan fingerprint density at radius 3 is 2.53 bits per heavy atom. The van der Waals surface area contributed by atoms with Crippen LogP contribution >= 0.6 is 0 Å². The van der Waals surface area contributed by atoms with Crippen molar-refractivity contribution in [1.82, 2.24) is 0 Å². The zero-order valence-electron chi connectivity index (χ0n) is 17.5. The average molecular weight is 411 g/mol. The predicted molar refractivity (Wildman–Crippen MR) is 114 cm³/mol. The van der Waals surface area contributed by atoms with Gasteiger partial charge in [0.2, 0.25) is 12.7 Å². The minimum Gasteiger partial charge on any atom is -0.493 e. The van der Waals surface area contributed by atoms with Gasteiger partial charge in [-0.25, -0.2) is 0 Å². The fourth-order valence-corrected chi connectivity index (χ4v) is 2.85. The summed E-state index contributed by atoms with van der Waals surface area (Å²) < 4.78 is 21.7. The highest BCUT2D eigenvalue weighted by Gasteiger charge is 2.20. The van der Waals surface area contributed by atoms with Gasteiger partial charge in [0.15, 0.2) is 28.8 Å². The number of ether oxygens (including phenoxy) is 4. The molecular weight excluding hydrogens is 386 g/mol. The minimum absolute atomic E-state index is 0.0860. The highest BCUT2D eigenvalue weighted by atomic mass is 16.7. The van der Waals surface area contributed by atoms with Crippen LogP contribution < -0.4 is 24.3 Å². The molecule has 0 fully saturated rings. The first-order valence-electron chi connectivity index (χ1n) is 9.62. The zero-order chi connectivity index (χ0) is 21.7. The monoisotopic (exact) mass is 411 g/mol. The largest absolute Gasteiger partial charge is 0.493 e. The van der Waals surface area contributed by atoms with Gasteiger partial charge in [0.05, 0.1) is 19.4 Å². The van der Waals surface area contributed by atoms with E-state index in [1.165, 1.54) is 13.0 Å². The number of ketones is 1. The van der Waals surface area contributed by atoms with Crippen LogP contribution in [0.15, 0.2) is 36.4 Å². The summed E-state index contributed by atoms with van der Waals surface area (Å²) in [5.41, 5.74) is 1.50. The lowest BCUT2D eigenvalue weighted by Gasteiger charge is -2.12. The molecule has 0 atom stereocenters. The number of nitrogens with one attached hydrogen (secondary N) is 1. The van der Waals surface area contributed by atoms with Crippen molar-refractivity contribution < 1.29 is 28.5 Å². The molecule has 0 saturated heterocycles. The molecular formula is C23H25NO6. The lowest BCUT2D eigenvalue weighted by Crippen LogP contribution is -2.11. The Morgan fingerprint density at radius 1 is 1.13 bits per heavy atom. The van der Waals surface area contributed by atoms with Crippen molar-refractivity contribution in [2.75, 3.05) is 25.8 Å². The van der Waals surface area contributed by atoms with Crippen LogP contribution in [-0.2, 0) is 4.79 Å². The number of carbonyl (C=O) groups excluding carboxylic acids is 2. The number of rotatable bonds is 8. The SMILES string of the molecule is COc1cc(/C=C/C(=O)Nc2cc3c(cc2C(C)=O)OCO3)ccc1OCC(C)C. The molecule has 0 bridgehead atoms. The maximum absolute atomic E-state index is 12.4. The Hall–Kier alpha value is -3.48. The molecule has 2 aromatic rings. The van der Waals surface area contributed by atoms with Gasteiger partial charge < -0.3 is 24.3 Å². The minimum atomic E-state index is -0.379. The van der Waals surface area contributed by atoms with Gasteiger partial charge in [-0.3, -0.25) is 9.59 Å². The molecule has 0 saturated carbocycles. The molecule has 0 spiro atoms. The van der Waals surface area contributed by atoms with Crippen LogP contribution in [0.4, 0.5) is 5.69 Å². The van der Waals surface area contributed by atoms with E-state index < -0.39 is 0 Å². The molecule has 7 heteroatoms. The van der Waals surface area contributed by atoms with Crippen molar-refractivity contribution in [3.63, 3.8) is 0 Å². The van der Waals surface area contributed by atoms with Crippen molar-refractivity contribution >= 4 is 23.5 Å². The molecule has 1 N–H and O–H groups in total. The highest BCUT2D eigenvalue weighted by Crippen LogP contribution is 2.37. The number of amides is 1. The van der Waals surface area contributed by atoms with Crippen molar-refractivity contribution in [3.8, 4) is 23.0 Å². The number of hydrogen-bond donors (Lipinski definition) is 1. The van der Waals surface area contributed by atoms with Gasteiger partial charge in [0.1, 0.15) is 0 Å². The summed E-state index contributed by atoms with van der Waals surface area (Å²) in [5.74, 6) is 2.05. The van der Waals surface area contributed by atoms with E-state index >= 15 is 0 Å². The number of hydrogen-bond acceptors (Lipinski definition) is 6. The molecule has 1 heterocycles. The van der Waals surface area contributed by atoms with Gasteiger partial charge in [0, 0.05) is 17.7 Å². The summed E-state index contributed by atoms with van der Waals surface area (Å²) in [7, 11) is 1.57. The lowest BCUT2D eigenvalue weighted by molar-refractivity contribution is -0.111. The fourth-order valence-electron chi connectivity index (χ4n) is 2.85. The van der Waals surface area contributed by atoms with Gasteiger partial charge in [-0.05, 0) is 42.7 Å². The first-order valence-corrected chi connectivity index (χ1v) is 9.62. The Kier molecular flexibility index (Phi) is 6.61. The molecule has 158 valence electrons. The maximum Gasteiger partial charge on any atom is 0.248 e. The number of Topliss-reactive ketones (excluding diaryl/α,β-unsaturated/α-hetero) is 1. The van der Waals surface area contributed by atoms with E-state index in [2.05, 4.69) is 19.2 Å². The molecule has 0 radical (unpaired) electrons. The predicted octanol–water partition coefficient (Wildman–Crippen LogP) is 4.31. The summed E-state index contributed by atoms with van der Waals surface area (Å²) in [6, 6.07) is 8.61. The molecule has 1 aliphatic rings. The van der Waals surface area contributed by atoms with E-state index in [4.69, 9.17) is 18.9 Å².